The third-order valence-corrected chi connectivity index (χ3v) is 2.27. The summed E-state index contributed by atoms with van der Waals surface area (Å²) >= 11 is 0. The van der Waals surface area contributed by atoms with Gasteiger partial charge in [0, 0.05) is 13.0 Å². The average molecular weight is 231 g/mol. The highest BCUT2D eigenvalue weighted by atomic mass is 16.1. The molecule has 0 fully saturated rings. The minimum Gasteiger partial charge on any atom is -0.355 e. The van der Waals surface area contributed by atoms with Crippen LogP contribution in [0.5, 0.6) is 0 Å². The number of carbonyl (C=O) groups excluding carboxylic acids is 1. The summed E-state index contributed by atoms with van der Waals surface area (Å²) in [5.41, 5.74) is 1.00. The van der Waals surface area contributed by atoms with E-state index in [9.17, 15) is 4.79 Å². The maximum absolute atomic E-state index is 11.6. The number of tetrazole rings is 1. The number of amides is 1. The Labute approximate surface area is 98.4 Å². The Kier molecular flexibility index (Phi) is 3.80. The van der Waals surface area contributed by atoms with Crippen LogP contribution in [0.3, 0.4) is 0 Å². The third-order valence-electron chi connectivity index (χ3n) is 2.27. The van der Waals surface area contributed by atoms with E-state index >= 15 is 0 Å². The first kappa shape index (κ1) is 11.3. The number of aromatic amines is 1. The lowest BCUT2D eigenvalue weighted by atomic mass is 10.1. The molecule has 2 aromatic rings. The number of hydrogen-bond donors (Lipinski definition) is 2. The van der Waals surface area contributed by atoms with Gasteiger partial charge in [-0.3, -0.25) is 4.79 Å². The fourth-order valence-corrected chi connectivity index (χ4v) is 1.45. The number of aromatic nitrogens is 4. The number of rotatable bonds is 5. The first-order valence-corrected chi connectivity index (χ1v) is 5.37. The van der Waals surface area contributed by atoms with Gasteiger partial charge < -0.3 is 5.32 Å². The van der Waals surface area contributed by atoms with Gasteiger partial charge >= 0.3 is 0 Å². The molecule has 0 aliphatic rings. The number of hydrogen-bond acceptors (Lipinski definition) is 4. The maximum atomic E-state index is 11.6. The van der Waals surface area contributed by atoms with Gasteiger partial charge in [0.2, 0.25) is 5.91 Å². The predicted octanol–water partition coefficient (Wildman–Crippen LogP) is 0.101. The highest BCUT2D eigenvalue weighted by Crippen LogP contribution is 1.98. The molecular formula is C11H13N5O. The zero-order chi connectivity index (χ0) is 11.9. The van der Waals surface area contributed by atoms with Crippen molar-refractivity contribution in [3.63, 3.8) is 0 Å². The molecule has 6 heteroatoms. The minimum atomic E-state index is -0.000283. The van der Waals surface area contributed by atoms with Crippen molar-refractivity contribution in [3.8, 4) is 0 Å². The molecule has 0 atom stereocenters. The van der Waals surface area contributed by atoms with E-state index in [4.69, 9.17) is 0 Å². The lowest BCUT2D eigenvalue weighted by molar-refractivity contribution is -0.120. The van der Waals surface area contributed by atoms with E-state index in [-0.39, 0.29) is 5.91 Å². The van der Waals surface area contributed by atoms with E-state index in [0.29, 0.717) is 25.2 Å². The monoisotopic (exact) mass is 231 g/mol. The summed E-state index contributed by atoms with van der Waals surface area (Å²) < 4.78 is 0. The van der Waals surface area contributed by atoms with Gasteiger partial charge in [0.1, 0.15) is 0 Å². The number of benzene rings is 1. The van der Waals surface area contributed by atoms with Crippen LogP contribution in [-0.4, -0.2) is 33.1 Å². The molecule has 88 valence electrons. The van der Waals surface area contributed by atoms with Crippen molar-refractivity contribution in [2.24, 2.45) is 0 Å². The first-order valence-electron chi connectivity index (χ1n) is 5.37. The van der Waals surface area contributed by atoms with Crippen LogP contribution in [0.15, 0.2) is 30.3 Å². The molecule has 2 N–H and O–H groups in total. The second kappa shape index (κ2) is 5.74. The highest BCUT2D eigenvalue weighted by Gasteiger charge is 2.03. The fourth-order valence-electron chi connectivity index (χ4n) is 1.45. The van der Waals surface area contributed by atoms with Gasteiger partial charge in [-0.2, -0.15) is 5.21 Å². The number of H-pyrrole nitrogens is 1. The number of carbonyl (C=O) groups is 1. The van der Waals surface area contributed by atoms with Crippen molar-refractivity contribution >= 4 is 5.91 Å². The van der Waals surface area contributed by atoms with Crippen molar-refractivity contribution in [2.75, 3.05) is 6.54 Å². The Hall–Kier alpha value is -2.24. The summed E-state index contributed by atoms with van der Waals surface area (Å²) in [6, 6.07) is 9.62. The van der Waals surface area contributed by atoms with Crippen LogP contribution >= 0.6 is 0 Å². The summed E-state index contributed by atoms with van der Waals surface area (Å²) in [7, 11) is 0. The summed E-state index contributed by atoms with van der Waals surface area (Å²) in [4.78, 5) is 11.6. The van der Waals surface area contributed by atoms with Gasteiger partial charge in [0.15, 0.2) is 5.82 Å². The van der Waals surface area contributed by atoms with Gasteiger partial charge in [-0.1, -0.05) is 35.5 Å². The second-order valence-electron chi connectivity index (χ2n) is 3.59. The van der Waals surface area contributed by atoms with Gasteiger partial charge in [-0.05, 0) is 5.56 Å². The molecule has 0 aliphatic heterocycles. The largest absolute Gasteiger partial charge is 0.355 e. The molecule has 0 unspecified atom stereocenters. The van der Waals surface area contributed by atoms with E-state index in [1.165, 1.54) is 0 Å². The van der Waals surface area contributed by atoms with Gasteiger partial charge in [0.05, 0.1) is 6.42 Å². The van der Waals surface area contributed by atoms with Crippen LogP contribution in [0.1, 0.15) is 11.4 Å². The number of nitrogens with one attached hydrogen (secondary N) is 2. The molecule has 1 heterocycles. The Morgan fingerprint density at radius 1 is 1.29 bits per heavy atom. The predicted molar refractivity (Wildman–Crippen MR) is 61.0 cm³/mol. The highest BCUT2D eigenvalue weighted by molar-refractivity contribution is 5.78. The Morgan fingerprint density at radius 2 is 2.12 bits per heavy atom. The van der Waals surface area contributed by atoms with Crippen LogP contribution in [0, 0.1) is 0 Å². The smallest absolute Gasteiger partial charge is 0.224 e. The van der Waals surface area contributed by atoms with Crippen LogP contribution in [0.4, 0.5) is 0 Å². The molecule has 0 saturated heterocycles. The zero-order valence-corrected chi connectivity index (χ0v) is 9.26. The molecule has 0 radical (unpaired) electrons. The van der Waals surface area contributed by atoms with Crippen LogP contribution in [-0.2, 0) is 17.6 Å². The van der Waals surface area contributed by atoms with Crippen LogP contribution < -0.4 is 5.32 Å². The normalized spacial score (nSPS) is 10.1. The van der Waals surface area contributed by atoms with Gasteiger partial charge in [-0.25, -0.2) is 0 Å². The van der Waals surface area contributed by atoms with Crippen LogP contribution in [0.25, 0.3) is 0 Å². The fraction of sp³-hybridized carbons (Fsp3) is 0.273. The Bertz CT molecular complexity index is 454. The average Bonchev–Trinajstić information content (AvgIpc) is 2.83. The Balaban J connectivity index is 1.71. The Morgan fingerprint density at radius 3 is 2.82 bits per heavy atom. The van der Waals surface area contributed by atoms with E-state index < -0.39 is 0 Å². The lowest BCUT2D eigenvalue weighted by Crippen LogP contribution is -2.27. The molecule has 0 saturated carbocycles. The first-order chi connectivity index (χ1) is 8.34. The van der Waals surface area contributed by atoms with Crippen molar-refractivity contribution in [3.05, 3.63) is 41.7 Å². The van der Waals surface area contributed by atoms with Gasteiger partial charge in [-0.15, -0.1) is 10.2 Å². The van der Waals surface area contributed by atoms with Crippen molar-refractivity contribution in [2.45, 2.75) is 12.8 Å². The van der Waals surface area contributed by atoms with E-state index in [0.717, 1.165) is 5.56 Å². The summed E-state index contributed by atoms with van der Waals surface area (Å²) in [6.07, 6.45) is 0.976. The molecular weight excluding hydrogens is 218 g/mol. The van der Waals surface area contributed by atoms with Crippen molar-refractivity contribution in [1.82, 2.24) is 25.9 Å². The molecule has 1 aromatic carbocycles. The second-order valence-corrected chi connectivity index (χ2v) is 3.59. The van der Waals surface area contributed by atoms with E-state index in [1.807, 2.05) is 30.3 Å². The quantitative estimate of drug-likeness (QED) is 0.764. The molecule has 1 aromatic heterocycles. The van der Waals surface area contributed by atoms with Crippen molar-refractivity contribution in [1.29, 1.82) is 0 Å². The van der Waals surface area contributed by atoms with Gasteiger partial charge in [0.25, 0.3) is 0 Å². The maximum Gasteiger partial charge on any atom is 0.224 e. The molecule has 0 aliphatic carbocycles. The number of nitrogens with zero attached hydrogens (tertiary/aromatic N) is 3. The minimum absolute atomic E-state index is 0.000283. The molecule has 6 nitrogen and oxygen atoms in total. The standard InChI is InChI=1S/C11H13N5O/c17-11(8-9-4-2-1-3-5-9)12-7-6-10-13-15-16-14-10/h1-5H,6-8H2,(H,12,17)(H,13,14,15,16). The third kappa shape index (κ3) is 3.67. The SMILES string of the molecule is O=C(Cc1ccccc1)NCCc1nn[nH]n1. The summed E-state index contributed by atoms with van der Waals surface area (Å²) in [5, 5.41) is 16.2. The molecule has 0 bridgehead atoms. The molecule has 2 rings (SSSR count). The molecule has 17 heavy (non-hydrogen) atoms. The zero-order valence-electron chi connectivity index (χ0n) is 9.26. The lowest BCUT2D eigenvalue weighted by Gasteiger charge is -2.03. The van der Waals surface area contributed by atoms with E-state index in [1.54, 1.807) is 0 Å². The topological polar surface area (TPSA) is 83.6 Å². The molecule has 0 spiro atoms. The van der Waals surface area contributed by atoms with E-state index in [2.05, 4.69) is 25.9 Å². The van der Waals surface area contributed by atoms with Crippen LogP contribution in [0.2, 0.25) is 0 Å². The molecule has 1 amide bonds. The summed E-state index contributed by atoms with van der Waals surface area (Å²) in [6.45, 7) is 0.519. The van der Waals surface area contributed by atoms with Crippen molar-refractivity contribution < 1.29 is 4.79 Å². The summed E-state index contributed by atoms with van der Waals surface area (Å²) in [5.74, 6) is 0.602.